The average Bonchev–Trinajstić information content (AvgIpc) is 2.94. The summed E-state index contributed by atoms with van der Waals surface area (Å²) >= 11 is 0. The van der Waals surface area contributed by atoms with Gasteiger partial charge in [-0.1, -0.05) is 118 Å². The molecule has 0 radical (unpaired) electrons. The second kappa shape index (κ2) is 16.3. The molecule has 4 nitrogen and oxygen atoms in total. The number of carbonyl (C=O) groups is 1. The predicted octanol–water partition coefficient (Wildman–Crippen LogP) is 6.44. The van der Waals surface area contributed by atoms with Crippen molar-refractivity contribution in [1.29, 1.82) is 0 Å². The fraction of sp³-hybridized carbons (Fsp3) is 0.424. The lowest BCUT2D eigenvalue weighted by atomic mass is 10.0. The number of esters is 1. The van der Waals surface area contributed by atoms with Crippen LogP contribution in [0.15, 0.2) is 96.2 Å². The zero-order valence-corrected chi connectivity index (χ0v) is 24.2. The van der Waals surface area contributed by atoms with E-state index in [1.165, 1.54) is 61.0 Å². The maximum Gasteiger partial charge on any atom is 0.302 e. The highest BCUT2D eigenvalue weighted by Crippen LogP contribution is 2.32. The number of hydrogen-bond donors (Lipinski definition) is 0. The van der Waals surface area contributed by atoms with Crippen molar-refractivity contribution in [3.63, 3.8) is 0 Å². The van der Waals surface area contributed by atoms with Crippen molar-refractivity contribution >= 4 is 24.7 Å². The number of hydrogen-bond acceptors (Lipinski definition) is 4. The maximum absolute atomic E-state index is 10.8. The molecule has 2 aromatic rings. The van der Waals surface area contributed by atoms with Crippen molar-refractivity contribution < 1.29 is 18.7 Å². The van der Waals surface area contributed by atoms with Gasteiger partial charge < -0.3 is 13.9 Å². The summed E-state index contributed by atoms with van der Waals surface area (Å²) in [5.41, 5.74) is 1.02. The van der Waals surface area contributed by atoms with E-state index in [2.05, 4.69) is 79.4 Å². The van der Waals surface area contributed by atoms with Gasteiger partial charge in [-0.25, -0.2) is 0 Å². The van der Waals surface area contributed by atoms with Gasteiger partial charge in [0, 0.05) is 20.1 Å². The molecular formula is C33H44O4Si. The van der Waals surface area contributed by atoms with Crippen molar-refractivity contribution in [1.82, 2.24) is 0 Å². The van der Waals surface area contributed by atoms with Crippen LogP contribution in [0.5, 0.6) is 0 Å². The lowest BCUT2D eigenvalue weighted by Gasteiger charge is -2.42. The number of rotatable bonds is 16. The van der Waals surface area contributed by atoms with Crippen molar-refractivity contribution in [3.8, 4) is 0 Å². The second-order valence-corrected chi connectivity index (χ2v) is 13.3. The van der Waals surface area contributed by atoms with E-state index in [9.17, 15) is 4.79 Å². The summed E-state index contributed by atoms with van der Waals surface area (Å²) in [5.74, 6) is -0.227. The van der Waals surface area contributed by atoms with Crippen LogP contribution in [-0.4, -0.2) is 40.7 Å². The number of unbranched alkanes of at least 4 members (excludes halogenated alkanes) is 6. The van der Waals surface area contributed by atoms with Gasteiger partial charge in [0.05, 0.1) is 6.61 Å². The Labute approximate surface area is 230 Å². The molecule has 5 heteroatoms. The maximum atomic E-state index is 10.8. The molecule has 0 spiro atoms. The Morgan fingerprint density at radius 3 is 2.16 bits per heavy atom. The van der Waals surface area contributed by atoms with Crippen molar-refractivity contribution in [2.75, 3.05) is 20.3 Å². The summed E-state index contributed by atoms with van der Waals surface area (Å²) in [5, 5.41) is 3.78. The molecule has 1 aliphatic rings. The van der Waals surface area contributed by atoms with E-state index in [-0.39, 0.29) is 12.1 Å². The molecule has 1 aliphatic heterocycles. The van der Waals surface area contributed by atoms with Crippen LogP contribution in [0.2, 0.25) is 0 Å². The molecule has 1 atom stereocenters. The molecule has 1 unspecified atom stereocenters. The molecule has 0 saturated carbocycles. The van der Waals surface area contributed by atoms with E-state index in [1.807, 2.05) is 6.08 Å². The van der Waals surface area contributed by atoms with Gasteiger partial charge in [-0.3, -0.25) is 4.79 Å². The first-order valence-corrected chi connectivity index (χ1v) is 15.9. The highest BCUT2D eigenvalue weighted by Gasteiger charge is 2.47. The lowest BCUT2D eigenvalue weighted by molar-refractivity contribution is -0.139. The summed E-state index contributed by atoms with van der Waals surface area (Å²) in [6.07, 6.45) is 17.1. The molecule has 0 saturated heterocycles. The Morgan fingerprint density at radius 1 is 0.947 bits per heavy atom. The molecule has 1 heterocycles. The fourth-order valence-corrected chi connectivity index (χ4v) is 9.60. The van der Waals surface area contributed by atoms with E-state index < -0.39 is 8.32 Å². The minimum absolute atomic E-state index is 0.212. The Kier molecular flexibility index (Phi) is 12.8. The summed E-state index contributed by atoms with van der Waals surface area (Å²) < 4.78 is 17.7. The minimum Gasteiger partial charge on any atom is -0.462 e. The van der Waals surface area contributed by atoms with Crippen LogP contribution in [0.25, 0.3) is 0 Å². The molecule has 204 valence electrons. The van der Waals surface area contributed by atoms with Gasteiger partial charge in [-0.15, -0.1) is 0 Å². The fourth-order valence-electron chi connectivity index (χ4n) is 5.23. The third-order valence-electron chi connectivity index (χ3n) is 7.06. The first-order valence-electron chi connectivity index (χ1n) is 14.0. The van der Waals surface area contributed by atoms with Gasteiger partial charge in [0.15, 0.2) is 0 Å². The SMILES string of the molecule is C=C(COC)C1=CCC(CCCCCCCC/C=C/COC(C)=O)O[Si]1(c1ccccc1)c1ccccc1. The smallest absolute Gasteiger partial charge is 0.302 e. The summed E-state index contributed by atoms with van der Waals surface area (Å²) in [7, 11) is -0.956. The number of benzene rings is 2. The lowest BCUT2D eigenvalue weighted by Crippen LogP contribution is -2.65. The average molecular weight is 533 g/mol. The van der Waals surface area contributed by atoms with E-state index in [4.69, 9.17) is 13.9 Å². The molecular weight excluding hydrogens is 488 g/mol. The van der Waals surface area contributed by atoms with Gasteiger partial charge in [0.25, 0.3) is 8.32 Å². The highest BCUT2D eigenvalue weighted by atomic mass is 28.4. The van der Waals surface area contributed by atoms with Crippen molar-refractivity contribution in [3.05, 3.63) is 96.2 Å². The minimum atomic E-state index is -2.69. The molecule has 2 aromatic carbocycles. The van der Waals surface area contributed by atoms with Gasteiger partial charge in [-0.2, -0.15) is 0 Å². The van der Waals surface area contributed by atoms with Crippen LogP contribution in [0.3, 0.4) is 0 Å². The second-order valence-electron chi connectivity index (χ2n) is 10.0. The van der Waals surface area contributed by atoms with Crippen LogP contribution >= 0.6 is 0 Å². The van der Waals surface area contributed by atoms with E-state index >= 15 is 0 Å². The summed E-state index contributed by atoms with van der Waals surface area (Å²) in [4.78, 5) is 10.8. The molecule has 3 rings (SSSR count). The number of methoxy groups -OCH3 is 1. The molecule has 0 N–H and O–H groups in total. The third-order valence-corrected chi connectivity index (χ3v) is 11.4. The largest absolute Gasteiger partial charge is 0.462 e. The van der Waals surface area contributed by atoms with Gasteiger partial charge in [0.1, 0.15) is 6.61 Å². The first-order chi connectivity index (χ1) is 18.6. The normalized spacial score (nSPS) is 16.8. The highest BCUT2D eigenvalue weighted by molar-refractivity contribution is 7.03. The topological polar surface area (TPSA) is 44.8 Å². The van der Waals surface area contributed by atoms with Gasteiger partial charge in [0.2, 0.25) is 0 Å². The Bertz CT molecular complexity index is 1010. The van der Waals surface area contributed by atoms with E-state index in [0.717, 1.165) is 24.8 Å². The number of carbonyl (C=O) groups excluding carboxylic acids is 1. The standard InChI is InChI=1S/C33H44O4Si/c1-28(27-35-3)33-25-24-30(19-13-9-7-5-4-6-8-10-18-26-36-29(2)34)37-38(33,31-20-14-11-15-21-31)32-22-16-12-17-23-32/h10-12,14-18,20-23,25,30H,1,4-9,13,19,24,26-27H2,2-3H3/b18-10+. The Hall–Kier alpha value is -2.73. The molecule has 38 heavy (non-hydrogen) atoms. The van der Waals surface area contributed by atoms with Crippen LogP contribution in [0.4, 0.5) is 0 Å². The number of allylic oxidation sites excluding steroid dienone is 1. The van der Waals surface area contributed by atoms with Crippen molar-refractivity contribution in [2.45, 2.75) is 70.8 Å². The van der Waals surface area contributed by atoms with Crippen LogP contribution < -0.4 is 10.4 Å². The molecule has 0 amide bonds. The zero-order valence-electron chi connectivity index (χ0n) is 23.2. The van der Waals surface area contributed by atoms with E-state index in [1.54, 1.807) is 7.11 Å². The third kappa shape index (κ3) is 8.65. The monoisotopic (exact) mass is 532 g/mol. The van der Waals surface area contributed by atoms with Crippen molar-refractivity contribution in [2.24, 2.45) is 0 Å². The van der Waals surface area contributed by atoms with Gasteiger partial charge in [-0.05, 0) is 46.8 Å². The Morgan fingerprint density at radius 2 is 1.55 bits per heavy atom. The van der Waals surface area contributed by atoms with E-state index in [0.29, 0.717) is 13.2 Å². The van der Waals surface area contributed by atoms with Gasteiger partial charge >= 0.3 is 5.97 Å². The summed E-state index contributed by atoms with van der Waals surface area (Å²) in [6, 6.07) is 21.5. The molecule has 0 aromatic heterocycles. The number of ether oxygens (including phenoxy) is 2. The van der Waals surface area contributed by atoms with Crippen LogP contribution in [-0.2, 0) is 18.7 Å². The van der Waals surface area contributed by atoms with Crippen LogP contribution in [0, 0.1) is 0 Å². The Balaban J connectivity index is 1.58. The summed E-state index contributed by atoms with van der Waals surface area (Å²) in [6.45, 7) is 6.75. The quantitative estimate of drug-likeness (QED) is 0.108. The molecule has 0 aliphatic carbocycles. The molecule has 0 bridgehead atoms. The zero-order chi connectivity index (χ0) is 27.1. The molecule has 0 fully saturated rings. The van der Waals surface area contributed by atoms with Crippen LogP contribution in [0.1, 0.15) is 64.7 Å². The first kappa shape index (κ1) is 29.8. The predicted molar refractivity (Wildman–Crippen MR) is 159 cm³/mol.